The van der Waals surface area contributed by atoms with E-state index < -0.39 is 0 Å². The molecule has 0 aliphatic carbocycles. The van der Waals surface area contributed by atoms with Gasteiger partial charge in [-0.05, 0) is 20.8 Å². The zero-order valence-corrected chi connectivity index (χ0v) is 10.6. The van der Waals surface area contributed by atoms with E-state index in [-0.39, 0.29) is 0 Å². The fourth-order valence-electron chi connectivity index (χ4n) is 1.64. The van der Waals surface area contributed by atoms with Gasteiger partial charge in [0.05, 0.1) is 17.9 Å². The number of rotatable bonds is 3. The Morgan fingerprint density at radius 2 is 2.12 bits per heavy atom. The van der Waals surface area contributed by atoms with Gasteiger partial charge in [-0.3, -0.25) is 0 Å². The number of hydrogen-bond acceptors (Lipinski definition) is 4. The summed E-state index contributed by atoms with van der Waals surface area (Å²) >= 11 is 1.74. The minimum absolute atomic E-state index is 0.518. The summed E-state index contributed by atoms with van der Waals surface area (Å²) in [6.07, 6.45) is 1.84. The van der Waals surface area contributed by atoms with Crippen LogP contribution in [0.2, 0.25) is 0 Å². The van der Waals surface area contributed by atoms with E-state index in [1.54, 1.807) is 11.3 Å². The van der Waals surface area contributed by atoms with E-state index in [1.165, 1.54) is 4.88 Å². The first-order chi connectivity index (χ1) is 7.61. The van der Waals surface area contributed by atoms with Crippen LogP contribution in [0.25, 0.3) is 0 Å². The molecule has 2 rings (SSSR count). The summed E-state index contributed by atoms with van der Waals surface area (Å²) in [5.41, 5.74) is 7.85. The van der Waals surface area contributed by atoms with Gasteiger partial charge in [0, 0.05) is 17.6 Å². The third-order valence-electron chi connectivity index (χ3n) is 2.71. The first-order valence-corrected chi connectivity index (χ1v) is 6.07. The van der Waals surface area contributed by atoms with Crippen LogP contribution in [0.1, 0.15) is 27.1 Å². The number of aryl methyl sites for hydroxylation is 3. The highest BCUT2D eigenvalue weighted by atomic mass is 32.1. The lowest BCUT2D eigenvalue weighted by molar-refractivity contribution is 0.708. The number of imidazole rings is 1. The second kappa shape index (κ2) is 4.35. The van der Waals surface area contributed by atoms with E-state index in [0.717, 1.165) is 28.8 Å². The van der Waals surface area contributed by atoms with Gasteiger partial charge < -0.3 is 10.3 Å². The van der Waals surface area contributed by atoms with Crippen LogP contribution in [-0.4, -0.2) is 14.5 Å². The molecule has 0 amide bonds. The summed E-state index contributed by atoms with van der Waals surface area (Å²) in [4.78, 5) is 10.1. The fraction of sp³-hybridized carbons (Fsp3) is 0.455. The standard InChI is InChI=1S/C11H16N4S/c1-7-8(2)16-11(14-7)6-15-9(3)13-5-10(15)4-12/h5H,4,6,12H2,1-3H3. The second-order valence-electron chi connectivity index (χ2n) is 3.84. The van der Waals surface area contributed by atoms with E-state index >= 15 is 0 Å². The van der Waals surface area contributed by atoms with Crippen molar-refractivity contribution in [1.29, 1.82) is 0 Å². The van der Waals surface area contributed by atoms with Crippen LogP contribution in [0.4, 0.5) is 0 Å². The summed E-state index contributed by atoms with van der Waals surface area (Å²) in [7, 11) is 0. The van der Waals surface area contributed by atoms with Gasteiger partial charge in [0.2, 0.25) is 0 Å². The van der Waals surface area contributed by atoms with Gasteiger partial charge in [-0.1, -0.05) is 0 Å². The molecule has 0 atom stereocenters. The Hall–Kier alpha value is -1.20. The fourth-order valence-corrected chi connectivity index (χ4v) is 2.56. The largest absolute Gasteiger partial charge is 0.325 e. The van der Waals surface area contributed by atoms with Gasteiger partial charge in [-0.2, -0.15) is 0 Å². The van der Waals surface area contributed by atoms with E-state index in [4.69, 9.17) is 5.73 Å². The molecule has 0 saturated carbocycles. The predicted octanol–water partition coefficient (Wildman–Crippen LogP) is 1.77. The normalized spacial score (nSPS) is 11.0. The van der Waals surface area contributed by atoms with Crippen LogP contribution >= 0.6 is 11.3 Å². The third-order valence-corrected chi connectivity index (χ3v) is 3.77. The van der Waals surface area contributed by atoms with E-state index in [9.17, 15) is 0 Å². The average Bonchev–Trinajstić information content (AvgIpc) is 2.74. The maximum absolute atomic E-state index is 5.67. The molecule has 2 aromatic rings. The summed E-state index contributed by atoms with van der Waals surface area (Å²) in [6, 6.07) is 0. The molecule has 16 heavy (non-hydrogen) atoms. The van der Waals surface area contributed by atoms with Gasteiger partial charge in [0.15, 0.2) is 0 Å². The molecule has 4 nitrogen and oxygen atoms in total. The van der Waals surface area contributed by atoms with Crippen molar-refractivity contribution in [3.63, 3.8) is 0 Å². The highest BCUT2D eigenvalue weighted by Gasteiger charge is 2.09. The number of thiazole rings is 1. The van der Waals surface area contributed by atoms with Crippen molar-refractivity contribution in [1.82, 2.24) is 14.5 Å². The molecule has 0 saturated heterocycles. The molecule has 0 aliphatic rings. The molecule has 86 valence electrons. The van der Waals surface area contributed by atoms with E-state index in [1.807, 2.05) is 20.0 Å². The molecule has 0 fully saturated rings. The highest BCUT2D eigenvalue weighted by molar-refractivity contribution is 7.11. The molecular weight excluding hydrogens is 220 g/mol. The Bertz CT molecular complexity index is 479. The average molecular weight is 236 g/mol. The molecule has 0 spiro atoms. The molecular formula is C11H16N4S. The topological polar surface area (TPSA) is 56.7 Å². The summed E-state index contributed by atoms with van der Waals surface area (Å²) in [6.45, 7) is 7.43. The van der Waals surface area contributed by atoms with Crippen LogP contribution in [0.3, 0.4) is 0 Å². The third kappa shape index (κ3) is 2.01. The van der Waals surface area contributed by atoms with Gasteiger partial charge in [-0.15, -0.1) is 11.3 Å². The maximum atomic E-state index is 5.67. The number of nitrogens with two attached hydrogens (primary N) is 1. The van der Waals surface area contributed by atoms with Crippen molar-refractivity contribution in [2.45, 2.75) is 33.9 Å². The maximum Gasteiger partial charge on any atom is 0.113 e. The Morgan fingerprint density at radius 1 is 1.38 bits per heavy atom. The lowest BCUT2D eigenvalue weighted by Crippen LogP contribution is -2.09. The zero-order chi connectivity index (χ0) is 11.7. The van der Waals surface area contributed by atoms with Crippen LogP contribution < -0.4 is 5.73 Å². The molecule has 0 radical (unpaired) electrons. The summed E-state index contributed by atoms with van der Waals surface area (Å²) < 4.78 is 2.12. The lowest BCUT2D eigenvalue weighted by Gasteiger charge is -2.06. The lowest BCUT2D eigenvalue weighted by atomic mass is 10.4. The van der Waals surface area contributed by atoms with Crippen LogP contribution in [0.15, 0.2) is 6.20 Å². The minimum atomic E-state index is 0.518. The predicted molar refractivity (Wildman–Crippen MR) is 65.5 cm³/mol. The van der Waals surface area contributed by atoms with Crippen LogP contribution in [0, 0.1) is 20.8 Å². The quantitative estimate of drug-likeness (QED) is 0.883. The van der Waals surface area contributed by atoms with Crippen LogP contribution in [0.5, 0.6) is 0 Å². The van der Waals surface area contributed by atoms with Crippen molar-refractivity contribution >= 4 is 11.3 Å². The highest BCUT2D eigenvalue weighted by Crippen LogP contribution is 2.18. The smallest absolute Gasteiger partial charge is 0.113 e. The molecule has 5 heteroatoms. The molecule has 2 N–H and O–H groups in total. The van der Waals surface area contributed by atoms with Gasteiger partial charge >= 0.3 is 0 Å². The first kappa shape index (κ1) is 11.3. The van der Waals surface area contributed by atoms with Crippen molar-refractivity contribution in [2.75, 3.05) is 0 Å². The van der Waals surface area contributed by atoms with E-state index in [2.05, 4.69) is 21.5 Å². The van der Waals surface area contributed by atoms with Gasteiger partial charge in [0.25, 0.3) is 0 Å². The zero-order valence-electron chi connectivity index (χ0n) is 9.82. The number of nitrogens with zero attached hydrogens (tertiary/aromatic N) is 3. The van der Waals surface area contributed by atoms with Gasteiger partial charge in [-0.25, -0.2) is 9.97 Å². The van der Waals surface area contributed by atoms with Gasteiger partial charge in [0.1, 0.15) is 10.8 Å². The summed E-state index contributed by atoms with van der Waals surface area (Å²) in [5.74, 6) is 0.992. The molecule has 0 aliphatic heterocycles. The van der Waals surface area contributed by atoms with Crippen molar-refractivity contribution in [3.05, 3.63) is 33.3 Å². The molecule has 2 aromatic heterocycles. The SMILES string of the molecule is Cc1nc(Cn2c(CN)cnc2C)sc1C. The van der Waals surface area contributed by atoms with Crippen molar-refractivity contribution in [2.24, 2.45) is 5.73 Å². The monoisotopic (exact) mass is 236 g/mol. The molecule has 0 bridgehead atoms. The Labute approximate surface area is 99.2 Å². The Kier molecular flexibility index (Phi) is 3.07. The Morgan fingerprint density at radius 3 is 2.69 bits per heavy atom. The van der Waals surface area contributed by atoms with E-state index in [0.29, 0.717) is 6.54 Å². The van der Waals surface area contributed by atoms with Crippen molar-refractivity contribution in [3.8, 4) is 0 Å². The Balaban J connectivity index is 2.29. The number of hydrogen-bond donors (Lipinski definition) is 1. The minimum Gasteiger partial charge on any atom is -0.325 e. The van der Waals surface area contributed by atoms with Crippen molar-refractivity contribution < 1.29 is 0 Å². The molecule has 0 unspecified atom stereocenters. The van der Waals surface area contributed by atoms with Crippen LogP contribution in [-0.2, 0) is 13.1 Å². The second-order valence-corrected chi connectivity index (χ2v) is 5.12. The summed E-state index contributed by atoms with van der Waals surface area (Å²) in [5, 5.41) is 1.12. The number of aromatic nitrogens is 3. The molecule has 2 heterocycles. The first-order valence-electron chi connectivity index (χ1n) is 5.25. The molecule has 0 aromatic carbocycles.